The van der Waals surface area contributed by atoms with Crippen LogP contribution in [0.5, 0.6) is 0 Å². The molecule has 0 aliphatic rings. The van der Waals surface area contributed by atoms with Crippen molar-refractivity contribution in [3.8, 4) is 0 Å². The summed E-state index contributed by atoms with van der Waals surface area (Å²) >= 11 is 0. The molecule has 1 heterocycles. The molecular formula is C12H18N2O4. The molecule has 0 bridgehead atoms. The van der Waals surface area contributed by atoms with Crippen LogP contribution in [0.1, 0.15) is 35.5 Å². The number of aromatic nitrogens is 1. The van der Waals surface area contributed by atoms with Gasteiger partial charge in [0.15, 0.2) is 5.89 Å². The number of carbonyl (C=O) groups is 2. The number of ether oxygens (including phenoxy) is 1. The van der Waals surface area contributed by atoms with Crippen LogP contribution in [0.15, 0.2) is 4.42 Å². The SMILES string of the molecule is CCCN(CC(=O)OC)C(=O)c1oc(C)nc1C. The van der Waals surface area contributed by atoms with Crippen LogP contribution in [0, 0.1) is 13.8 Å². The van der Waals surface area contributed by atoms with E-state index in [2.05, 4.69) is 9.72 Å². The first kappa shape index (κ1) is 14.2. The van der Waals surface area contributed by atoms with Gasteiger partial charge in [-0.1, -0.05) is 6.92 Å². The van der Waals surface area contributed by atoms with E-state index in [1.807, 2.05) is 6.92 Å². The molecule has 1 amide bonds. The Kier molecular flexibility index (Phi) is 4.88. The maximum Gasteiger partial charge on any atom is 0.325 e. The van der Waals surface area contributed by atoms with Crippen LogP contribution in [0.3, 0.4) is 0 Å². The maximum absolute atomic E-state index is 12.2. The van der Waals surface area contributed by atoms with Gasteiger partial charge in [0.1, 0.15) is 6.54 Å². The van der Waals surface area contributed by atoms with Crippen molar-refractivity contribution in [1.29, 1.82) is 0 Å². The van der Waals surface area contributed by atoms with Gasteiger partial charge in [-0.2, -0.15) is 0 Å². The molecule has 0 saturated carbocycles. The summed E-state index contributed by atoms with van der Waals surface area (Å²) in [6.07, 6.45) is 0.745. The molecule has 1 rings (SSSR count). The van der Waals surface area contributed by atoms with Crippen LogP contribution < -0.4 is 0 Å². The minimum absolute atomic E-state index is 0.0810. The molecule has 0 radical (unpaired) electrons. The molecule has 0 unspecified atom stereocenters. The standard InChI is InChI=1S/C12H18N2O4/c1-5-6-14(7-10(15)17-4)12(16)11-8(2)13-9(3)18-11/h5-7H2,1-4H3. The van der Waals surface area contributed by atoms with Gasteiger partial charge in [-0.25, -0.2) is 4.98 Å². The van der Waals surface area contributed by atoms with Crippen molar-refractivity contribution in [2.75, 3.05) is 20.2 Å². The van der Waals surface area contributed by atoms with E-state index in [0.29, 0.717) is 18.1 Å². The Balaban J connectivity index is 2.88. The molecule has 0 spiro atoms. The third kappa shape index (κ3) is 3.32. The number of carbonyl (C=O) groups excluding carboxylic acids is 2. The smallest absolute Gasteiger partial charge is 0.325 e. The monoisotopic (exact) mass is 254 g/mol. The first-order valence-corrected chi connectivity index (χ1v) is 5.79. The van der Waals surface area contributed by atoms with Crippen LogP contribution in [-0.2, 0) is 9.53 Å². The van der Waals surface area contributed by atoms with Gasteiger partial charge in [-0.3, -0.25) is 9.59 Å². The average Bonchev–Trinajstić information content (AvgIpc) is 2.66. The number of esters is 1. The number of rotatable bonds is 5. The van der Waals surface area contributed by atoms with Gasteiger partial charge < -0.3 is 14.1 Å². The van der Waals surface area contributed by atoms with Gasteiger partial charge >= 0.3 is 5.97 Å². The zero-order chi connectivity index (χ0) is 13.7. The first-order chi connectivity index (χ1) is 8.49. The lowest BCUT2D eigenvalue weighted by Gasteiger charge is -2.19. The molecule has 0 aromatic carbocycles. The van der Waals surface area contributed by atoms with E-state index in [4.69, 9.17) is 4.42 Å². The van der Waals surface area contributed by atoms with Gasteiger partial charge in [0, 0.05) is 13.5 Å². The largest absolute Gasteiger partial charge is 0.468 e. The quantitative estimate of drug-likeness (QED) is 0.741. The van der Waals surface area contributed by atoms with Gasteiger partial charge in [0.2, 0.25) is 5.76 Å². The van der Waals surface area contributed by atoms with E-state index in [9.17, 15) is 9.59 Å². The molecule has 100 valence electrons. The van der Waals surface area contributed by atoms with Crippen molar-refractivity contribution in [1.82, 2.24) is 9.88 Å². The second kappa shape index (κ2) is 6.18. The minimum atomic E-state index is -0.453. The number of nitrogens with zero attached hydrogens (tertiary/aromatic N) is 2. The Bertz CT molecular complexity index is 439. The number of methoxy groups -OCH3 is 1. The van der Waals surface area contributed by atoms with Crippen molar-refractivity contribution in [3.05, 3.63) is 17.3 Å². The highest BCUT2D eigenvalue weighted by molar-refractivity contribution is 5.94. The Morgan fingerprint density at radius 1 is 1.39 bits per heavy atom. The fourth-order valence-electron chi connectivity index (χ4n) is 1.62. The molecule has 0 N–H and O–H groups in total. The van der Waals surface area contributed by atoms with E-state index < -0.39 is 5.97 Å². The number of aryl methyl sites for hydroxylation is 2. The summed E-state index contributed by atoms with van der Waals surface area (Å²) in [6, 6.07) is 0. The highest BCUT2D eigenvalue weighted by Gasteiger charge is 2.24. The van der Waals surface area contributed by atoms with Crippen LogP contribution in [0.25, 0.3) is 0 Å². The minimum Gasteiger partial charge on any atom is -0.468 e. The molecule has 6 nitrogen and oxygen atoms in total. The number of amides is 1. The second-order valence-electron chi connectivity index (χ2n) is 3.95. The molecule has 0 aliphatic heterocycles. The van der Waals surface area contributed by atoms with Gasteiger partial charge in [0.05, 0.1) is 12.8 Å². The van der Waals surface area contributed by atoms with Crippen molar-refractivity contribution in [2.24, 2.45) is 0 Å². The summed E-state index contributed by atoms with van der Waals surface area (Å²) in [6.45, 7) is 5.69. The van der Waals surface area contributed by atoms with E-state index >= 15 is 0 Å². The third-order valence-corrected chi connectivity index (χ3v) is 2.43. The molecule has 18 heavy (non-hydrogen) atoms. The molecular weight excluding hydrogens is 236 g/mol. The molecule has 0 saturated heterocycles. The van der Waals surface area contributed by atoms with Crippen molar-refractivity contribution < 1.29 is 18.7 Å². The second-order valence-corrected chi connectivity index (χ2v) is 3.95. The fourth-order valence-corrected chi connectivity index (χ4v) is 1.62. The maximum atomic E-state index is 12.2. The fraction of sp³-hybridized carbons (Fsp3) is 0.583. The molecule has 1 aromatic heterocycles. The van der Waals surface area contributed by atoms with E-state index in [-0.39, 0.29) is 18.2 Å². The average molecular weight is 254 g/mol. The zero-order valence-electron chi connectivity index (χ0n) is 11.1. The summed E-state index contributed by atoms with van der Waals surface area (Å²) in [7, 11) is 1.29. The summed E-state index contributed by atoms with van der Waals surface area (Å²) in [4.78, 5) is 28.9. The Morgan fingerprint density at radius 3 is 2.50 bits per heavy atom. The highest BCUT2D eigenvalue weighted by Crippen LogP contribution is 2.12. The predicted octanol–water partition coefficient (Wildman–Crippen LogP) is 1.32. The van der Waals surface area contributed by atoms with Crippen molar-refractivity contribution >= 4 is 11.9 Å². The van der Waals surface area contributed by atoms with Crippen LogP contribution >= 0.6 is 0 Å². The Morgan fingerprint density at radius 2 is 2.06 bits per heavy atom. The molecule has 0 aliphatic carbocycles. The molecule has 6 heteroatoms. The zero-order valence-corrected chi connectivity index (χ0v) is 11.1. The van der Waals surface area contributed by atoms with Gasteiger partial charge in [-0.15, -0.1) is 0 Å². The van der Waals surface area contributed by atoms with Crippen LogP contribution in [0.2, 0.25) is 0 Å². The van der Waals surface area contributed by atoms with Gasteiger partial charge in [-0.05, 0) is 13.3 Å². The van der Waals surface area contributed by atoms with Crippen LogP contribution in [0.4, 0.5) is 0 Å². The van der Waals surface area contributed by atoms with Crippen LogP contribution in [-0.4, -0.2) is 42.0 Å². The first-order valence-electron chi connectivity index (χ1n) is 5.79. The summed E-state index contributed by atoms with van der Waals surface area (Å²) in [5.74, 6) is -0.166. The van der Waals surface area contributed by atoms with E-state index in [1.165, 1.54) is 12.0 Å². The normalized spacial score (nSPS) is 10.2. The third-order valence-electron chi connectivity index (χ3n) is 2.43. The lowest BCUT2D eigenvalue weighted by Crippen LogP contribution is -2.36. The van der Waals surface area contributed by atoms with E-state index in [1.54, 1.807) is 13.8 Å². The lowest BCUT2D eigenvalue weighted by atomic mass is 10.3. The van der Waals surface area contributed by atoms with Gasteiger partial charge in [0.25, 0.3) is 5.91 Å². The Labute approximate surface area is 106 Å². The van der Waals surface area contributed by atoms with Crippen molar-refractivity contribution in [3.63, 3.8) is 0 Å². The predicted molar refractivity (Wildman–Crippen MR) is 64.2 cm³/mol. The molecule has 1 aromatic rings. The summed E-state index contributed by atoms with van der Waals surface area (Å²) in [5, 5.41) is 0. The number of hydrogen-bond acceptors (Lipinski definition) is 5. The summed E-state index contributed by atoms with van der Waals surface area (Å²) in [5.41, 5.74) is 0.531. The Hall–Kier alpha value is -1.85. The lowest BCUT2D eigenvalue weighted by molar-refractivity contribution is -0.141. The summed E-state index contributed by atoms with van der Waals surface area (Å²) < 4.78 is 9.83. The molecule has 0 atom stereocenters. The topological polar surface area (TPSA) is 72.6 Å². The highest BCUT2D eigenvalue weighted by atomic mass is 16.5. The number of oxazole rings is 1. The van der Waals surface area contributed by atoms with E-state index in [0.717, 1.165) is 6.42 Å². The number of hydrogen-bond donors (Lipinski definition) is 0. The molecule has 0 fully saturated rings. The van der Waals surface area contributed by atoms with Crippen molar-refractivity contribution in [2.45, 2.75) is 27.2 Å².